The maximum Gasteiger partial charge on any atom is 0.243 e. The minimum Gasteiger partial charge on any atom is -0.376 e. The van der Waals surface area contributed by atoms with Gasteiger partial charge in [0.1, 0.15) is 0 Å². The van der Waals surface area contributed by atoms with Crippen LogP contribution in [0.3, 0.4) is 0 Å². The molecule has 1 unspecified atom stereocenters. The van der Waals surface area contributed by atoms with Crippen LogP contribution < -0.4 is 10.6 Å². The van der Waals surface area contributed by atoms with Gasteiger partial charge in [-0.2, -0.15) is 4.31 Å². The number of benzene rings is 1. The Hall–Kier alpha value is -1.62. The van der Waals surface area contributed by atoms with E-state index in [1.165, 1.54) is 22.1 Å². The average molecular weight is 440 g/mol. The van der Waals surface area contributed by atoms with Crippen molar-refractivity contribution in [2.45, 2.75) is 41.6 Å². The molecule has 0 saturated carbocycles. The molecule has 10 heteroatoms. The number of fused-ring (bicyclic) bond motifs is 1. The molecule has 2 amide bonds. The summed E-state index contributed by atoms with van der Waals surface area (Å²) in [5, 5.41) is 5.67. The van der Waals surface area contributed by atoms with E-state index in [4.69, 9.17) is 4.74 Å². The molecule has 0 spiro atoms. The summed E-state index contributed by atoms with van der Waals surface area (Å²) in [7, 11) is -3.67. The number of nitrogens with one attached hydrogen (secondary N) is 2. The molecular formula is C19H25N3O5S2. The topological polar surface area (TPSA) is 105 Å². The molecule has 3 aliphatic rings. The van der Waals surface area contributed by atoms with Crippen LogP contribution in [-0.4, -0.2) is 62.6 Å². The van der Waals surface area contributed by atoms with Gasteiger partial charge in [-0.05, 0) is 43.9 Å². The lowest BCUT2D eigenvalue weighted by atomic mass is 9.97. The summed E-state index contributed by atoms with van der Waals surface area (Å²) in [5.74, 6) is 0.00155. The predicted molar refractivity (Wildman–Crippen MR) is 109 cm³/mol. The van der Waals surface area contributed by atoms with Crippen molar-refractivity contribution < 1.29 is 22.7 Å². The minimum atomic E-state index is -3.67. The first kappa shape index (κ1) is 20.6. The molecule has 158 valence electrons. The Labute approximate surface area is 174 Å². The van der Waals surface area contributed by atoms with E-state index in [1.54, 1.807) is 12.1 Å². The molecule has 1 atom stereocenters. The van der Waals surface area contributed by atoms with Crippen LogP contribution in [0.5, 0.6) is 0 Å². The maximum absolute atomic E-state index is 13.0. The van der Waals surface area contributed by atoms with Crippen LogP contribution in [0.1, 0.15) is 25.7 Å². The van der Waals surface area contributed by atoms with Gasteiger partial charge < -0.3 is 15.4 Å². The van der Waals surface area contributed by atoms with Gasteiger partial charge in [-0.15, -0.1) is 11.8 Å². The molecule has 0 radical (unpaired) electrons. The van der Waals surface area contributed by atoms with E-state index in [-0.39, 0.29) is 28.7 Å². The fourth-order valence-electron chi connectivity index (χ4n) is 3.89. The van der Waals surface area contributed by atoms with Crippen molar-refractivity contribution >= 4 is 39.3 Å². The number of carbonyl (C=O) groups is 2. The van der Waals surface area contributed by atoms with Gasteiger partial charge in [0.2, 0.25) is 21.8 Å². The number of hydrogen-bond acceptors (Lipinski definition) is 6. The molecule has 3 heterocycles. The number of carbonyl (C=O) groups excluding carboxylic acids is 2. The number of amides is 2. The summed E-state index contributed by atoms with van der Waals surface area (Å²) in [6.07, 6.45) is 3.09. The van der Waals surface area contributed by atoms with Crippen LogP contribution >= 0.6 is 11.8 Å². The number of piperidine rings is 1. The quantitative estimate of drug-likeness (QED) is 0.719. The number of rotatable bonds is 5. The molecule has 2 N–H and O–H groups in total. The Morgan fingerprint density at radius 1 is 1.28 bits per heavy atom. The highest BCUT2D eigenvalue weighted by atomic mass is 32.2. The first-order valence-corrected chi connectivity index (χ1v) is 12.3. The van der Waals surface area contributed by atoms with Gasteiger partial charge in [0.05, 0.1) is 22.4 Å². The molecular weight excluding hydrogens is 414 g/mol. The van der Waals surface area contributed by atoms with Crippen molar-refractivity contribution in [2.75, 3.05) is 37.3 Å². The van der Waals surface area contributed by atoms with Gasteiger partial charge in [0, 0.05) is 37.1 Å². The van der Waals surface area contributed by atoms with Gasteiger partial charge in [-0.25, -0.2) is 8.42 Å². The van der Waals surface area contributed by atoms with Gasteiger partial charge >= 0.3 is 0 Å². The van der Waals surface area contributed by atoms with Gasteiger partial charge in [0.25, 0.3) is 0 Å². The number of thioether (sulfide) groups is 1. The van der Waals surface area contributed by atoms with Crippen LogP contribution in [-0.2, 0) is 24.3 Å². The van der Waals surface area contributed by atoms with E-state index < -0.39 is 10.0 Å². The summed E-state index contributed by atoms with van der Waals surface area (Å²) < 4.78 is 33.0. The number of nitrogens with zero attached hydrogens (tertiary/aromatic N) is 1. The smallest absolute Gasteiger partial charge is 0.243 e. The first-order chi connectivity index (χ1) is 13.9. The second kappa shape index (κ2) is 8.63. The molecule has 0 aromatic heterocycles. The van der Waals surface area contributed by atoms with Crippen molar-refractivity contribution in [1.29, 1.82) is 0 Å². The first-order valence-electron chi connectivity index (χ1n) is 9.89. The van der Waals surface area contributed by atoms with Crippen molar-refractivity contribution in [2.24, 2.45) is 5.92 Å². The molecule has 2 fully saturated rings. The Bertz CT molecular complexity index is 891. The number of anilines is 1. The maximum atomic E-state index is 13.0. The Balaban J connectivity index is 1.35. The zero-order chi connectivity index (χ0) is 20.4. The monoisotopic (exact) mass is 439 g/mol. The van der Waals surface area contributed by atoms with Crippen molar-refractivity contribution in [3.05, 3.63) is 18.2 Å². The van der Waals surface area contributed by atoms with E-state index in [2.05, 4.69) is 10.6 Å². The van der Waals surface area contributed by atoms with Gasteiger partial charge in [0.15, 0.2) is 0 Å². The molecule has 3 aliphatic heterocycles. The summed E-state index contributed by atoms with van der Waals surface area (Å²) in [6.45, 7) is 1.88. The van der Waals surface area contributed by atoms with E-state index >= 15 is 0 Å². The second-order valence-corrected chi connectivity index (χ2v) is 10.5. The van der Waals surface area contributed by atoms with Gasteiger partial charge in [-0.3, -0.25) is 9.59 Å². The molecule has 1 aromatic rings. The highest BCUT2D eigenvalue weighted by Gasteiger charge is 2.33. The second-order valence-electron chi connectivity index (χ2n) is 7.55. The SMILES string of the molecule is O=C1CSc2ccc(S(=O)(=O)N3CCC(C(=O)NCC4CCCO4)CC3)cc2N1. The van der Waals surface area contributed by atoms with E-state index in [9.17, 15) is 18.0 Å². The largest absolute Gasteiger partial charge is 0.376 e. The average Bonchev–Trinajstić information content (AvgIpc) is 3.25. The van der Waals surface area contributed by atoms with Crippen molar-refractivity contribution in [3.8, 4) is 0 Å². The Morgan fingerprint density at radius 3 is 2.79 bits per heavy atom. The Morgan fingerprint density at radius 2 is 2.07 bits per heavy atom. The highest BCUT2D eigenvalue weighted by Crippen LogP contribution is 2.34. The molecule has 1 aromatic carbocycles. The zero-order valence-corrected chi connectivity index (χ0v) is 17.7. The lowest BCUT2D eigenvalue weighted by molar-refractivity contribution is -0.126. The summed E-state index contributed by atoms with van der Waals surface area (Å²) in [5.41, 5.74) is 0.538. The molecule has 8 nitrogen and oxygen atoms in total. The molecule has 0 bridgehead atoms. The summed E-state index contributed by atoms with van der Waals surface area (Å²) in [4.78, 5) is 25.0. The lowest BCUT2D eigenvalue weighted by Crippen LogP contribution is -2.44. The third kappa shape index (κ3) is 4.60. The highest BCUT2D eigenvalue weighted by molar-refractivity contribution is 8.00. The fraction of sp³-hybridized carbons (Fsp3) is 0.579. The van der Waals surface area contributed by atoms with Crippen LogP contribution in [0.15, 0.2) is 28.0 Å². The predicted octanol–water partition coefficient (Wildman–Crippen LogP) is 1.43. The van der Waals surface area contributed by atoms with Crippen LogP contribution in [0, 0.1) is 5.92 Å². The van der Waals surface area contributed by atoms with E-state index in [0.717, 1.165) is 24.3 Å². The van der Waals surface area contributed by atoms with E-state index in [0.29, 0.717) is 43.9 Å². The standard InChI is InChI=1S/C19H25N3O5S2/c23-18-12-28-17-4-3-15(10-16(17)21-18)29(25,26)22-7-5-13(6-8-22)19(24)20-11-14-2-1-9-27-14/h3-4,10,13-14H,1-2,5-9,11-12H2,(H,20,24)(H,21,23). The van der Waals surface area contributed by atoms with Crippen molar-refractivity contribution in [3.63, 3.8) is 0 Å². The number of hydrogen-bond donors (Lipinski definition) is 2. The minimum absolute atomic E-state index is 0.0222. The number of sulfonamides is 1. The zero-order valence-electron chi connectivity index (χ0n) is 16.1. The van der Waals surface area contributed by atoms with Crippen molar-refractivity contribution in [1.82, 2.24) is 9.62 Å². The normalized spacial score (nSPS) is 23.4. The molecule has 2 saturated heterocycles. The molecule has 0 aliphatic carbocycles. The molecule has 4 rings (SSSR count). The van der Waals surface area contributed by atoms with Crippen LogP contribution in [0.2, 0.25) is 0 Å². The summed E-state index contributed by atoms with van der Waals surface area (Å²) >= 11 is 1.39. The fourth-order valence-corrected chi connectivity index (χ4v) is 6.18. The van der Waals surface area contributed by atoms with Crippen LogP contribution in [0.4, 0.5) is 5.69 Å². The van der Waals surface area contributed by atoms with Crippen LogP contribution in [0.25, 0.3) is 0 Å². The lowest BCUT2D eigenvalue weighted by Gasteiger charge is -2.31. The molecule has 29 heavy (non-hydrogen) atoms. The number of ether oxygens (including phenoxy) is 1. The third-order valence-electron chi connectivity index (χ3n) is 5.57. The summed E-state index contributed by atoms with van der Waals surface area (Å²) in [6, 6.07) is 4.84. The van der Waals surface area contributed by atoms with Gasteiger partial charge in [-0.1, -0.05) is 0 Å². The third-order valence-corrected chi connectivity index (χ3v) is 8.54. The van der Waals surface area contributed by atoms with E-state index in [1.807, 2.05) is 0 Å². The Kier molecular flexibility index (Phi) is 6.14.